The maximum atomic E-state index is 13.3. The van der Waals surface area contributed by atoms with Gasteiger partial charge in [-0.05, 0) is 26.3 Å². The smallest absolute Gasteiger partial charge is 0.222 e. The first kappa shape index (κ1) is 13.3. The molecule has 0 radical (unpaired) electrons. The standard InChI is InChI=1S/C12H17FN6/c1-8-6-9(2)19(18-8)5-3-4-15-11-10(13)7-16-12(14)17-11/h6-7H,3-5H2,1-2H3,(H3,14,15,16,17). The van der Waals surface area contributed by atoms with Gasteiger partial charge in [0.05, 0.1) is 11.9 Å². The molecule has 0 unspecified atom stereocenters. The number of nitrogens with zero attached hydrogens (tertiary/aromatic N) is 4. The van der Waals surface area contributed by atoms with Crippen LogP contribution in [0, 0.1) is 19.7 Å². The van der Waals surface area contributed by atoms with Crippen LogP contribution < -0.4 is 11.1 Å². The van der Waals surface area contributed by atoms with E-state index in [2.05, 4.69) is 20.4 Å². The van der Waals surface area contributed by atoms with Gasteiger partial charge in [-0.1, -0.05) is 0 Å². The van der Waals surface area contributed by atoms with Crippen LogP contribution in [0.5, 0.6) is 0 Å². The Balaban J connectivity index is 1.84. The first-order valence-electron chi connectivity index (χ1n) is 6.09. The van der Waals surface area contributed by atoms with E-state index in [9.17, 15) is 4.39 Å². The summed E-state index contributed by atoms with van der Waals surface area (Å²) in [5.74, 6) is -0.302. The second-order valence-electron chi connectivity index (χ2n) is 4.36. The fourth-order valence-electron chi connectivity index (χ4n) is 1.84. The molecular formula is C12H17FN6. The van der Waals surface area contributed by atoms with Gasteiger partial charge in [0.1, 0.15) is 0 Å². The molecular weight excluding hydrogens is 247 g/mol. The molecule has 2 aromatic rings. The molecule has 0 atom stereocenters. The van der Waals surface area contributed by atoms with Crippen LogP contribution >= 0.6 is 0 Å². The van der Waals surface area contributed by atoms with Crippen LogP contribution in [0.15, 0.2) is 12.3 Å². The lowest BCUT2D eigenvalue weighted by atomic mass is 10.4. The minimum absolute atomic E-state index is 0.0578. The van der Waals surface area contributed by atoms with E-state index < -0.39 is 5.82 Å². The van der Waals surface area contributed by atoms with E-state index in [0.717, 1.165) is 30.6 Å². The van der Waals surface area contributed by atoms with Gasteiger partial charge in [0.25, 0.3) is 0 Å². The minimum Gasteiger partial charge on any atom is -0.368 e. The van der Waals surface area contributed by atoms with Crippen molar-refractivity contribution >= 4 is 11.8 Å². The molecule has 0 saturated carbocycles. The van der Waals surface area contributed by atoms with Crippen molar-refractivity contribution in [2.24, 2.45) is 0 Å². The normalized spacial score (nSPS) is 10.7. The SMILES string of the molecule is Cc1cc(C)n(CCCNc2nc(N)ncc2F)n1. The number of rotatable bonds is 5. The topological polar surface area (TPSA) is 81.7 Å². The fraction of sp³-hybridized carbons (Fsp3) is 0.417. The van der Waals surface area contributed by atoms with E-state index >= 15 is 0 Å². The van der Waals surface area contributed by atoms with Crippen LogP contribution in [0.4, 0.5) is 16.2 Å². The summed E-state index contributed by atoms with van der Waals surface area (Å²) in [5.41, 5.74) is 7.52. The molecule has 0 aliphatic heterocycles. The number of hydrogen-bond donors (Lipinski definition) is 2. The van der Waals surface area contributed by atoms with Crippen molar-refractivity contribution in [2.45, 2.75) is 26.8 Å². The van der Waals surface area contributed by atoms with Gasteiger partial charge in [0, 0.05) is 18.8 Å². The first-order valence-corrected chi connectivity index (χ1v) is 6.09. The lowest BCUT2D eigenvalue weighted by Crippen LogP contribution is -2.11. The zero-order valence-electron chi connectivity index (χ0n) is 11.0. The largest absolute Gasteiger partial charge is 0.368 e. The highest BCUT2D eigenvalue weighted by Crippen LogP contribution is 2.10. The molecule has 0 bridgehead atoms. The number of hydrogen-bond acceptors (Lipinski definition) is 5. The molecule has 0 spiro atoms. The first-order chi connectivity index (χ1) is 9.06. The summed E-state index contributed by atoms with van der Waals surface area (Å²) in [5, 5.41) is 7.26. The lowest BCUT2D eigenvalue weighted by molar-refractivity contribution is 0.570. The average molecular weight is 264 g/mol. The third kappa shape index (κ3) is 3.40. The number of anilines is 2. The van der Waals surface area contributed by atoms with Crippen LogP contribution in [-0.2, 0) is 6.54 Å². The maximum Gasteiger partial charge on any atom is 0.222 e. The Kier molecular flexibility index (Phi) is 3.94. The molecule has 0 fully saturated rings. The van der Waals surface area contributed by atoms with Crippen molar-refractivity contribution in [1.29, 1.82) is 0 Å². The number of aryl methyl sites for hydroxylation is 3. The van der Waals surface area contributed by atoms with Gasteiger partial charge >= 0.3 is 0 Å². The van der Waals surface area contributed by atoms with Crippen LogP contribution in [0.2, 0.25) is 0 Å². The summed E-state index contributed by atoms with van der Waals surface area (Å²) in [7, 11) is 0. The predicted octanol–water partition coefficient (Wildman–Crippen LogP) is 1.51. The van der Waals surface area contributed by atoms with Gasteiger partial charge < -0.3 is 11.1 Å². The average Bonchev–Trinajstić information content (AvgIpc) is 2.67. The molecule has 0 aromatic carbocycles. The van der Waals surface area contributed by atoms with Crippen LogP contribution in [0.1, 0.15) is 17.8 Å². The van der Waals surface area contributed by atoms with Crippen molar-refractivity contribution in [1.82, 2.24) is 19.7 Å². The third-order valence-electron chi connectivity index (χ3n) is 2.71. The van der Waals surface area contributed by atoms with Gasteiger partial charge in [-0.25, -0.2) is 9.37 Å². The van der Waals surface area contributed by atoms with Crippen molar-refractivity contribution in [3.05, 3.63) is 29.5 Å². The predicted molar refractivity (Wildman–Crippen MR) is 71.2 cm³/mol. The van der Waals surface area contributed by atoms with E-state index in [-0.39, 0.29) is 11.8 Å². The third-order valence-corrected chi connectivity index (χ3v) is 2.71. The Morgan fingerprint density at radius 1 is 1.42 bits per heavy atom. The fourth-order valence-corrected chi connectivity index (χ4v) is 1.84. The minimum atomic E-state index is -0.500. The monoisotopic (exact) mass is 264 g/mol. The summed E-state index contributed by atoms with van der Waals surface area (Å²) in [6, 6.07) is 2.03. The highest BCUT2D eigenvalue weighted by Gasteiger charge is 2.05. The number of halogens is 1. The van der Waals surface area contributed by atoms with E-state index in [0.29, 0.717) is 6.54 Å². The van der Waals surface area contributed by atoms with Crippen molar-refractivity contribution in [3.8, 4) is 0 Å². The van der Waals surface area contributed by atoms with Crippen molar-refractivity contribution < 1.29 is 4.39 Å². The van der Waals surface area contributed by atoms with E-state index in [1.807, 2.05) is 24.6 Å². The van der Waals surface area contributed by atoms with Gasteiger partial charge in [-0.15, -0.1) is 0 Å². The number of aromatic nitrogens is 4. The molecule has 2 aromatic heterocycles. The molecule has 6 nitrogen and oxygen atoms in total. The molecule has 0 saturated heterocycles. The van der Waals surface area contributed by atoms with Gasteiger partial charge in [0.15, 0.2) is 11.6 Å². The second-order valence-corrected chi connectivity index (χ2v) is 4.36. The Bertz CT molecular complexity index is 565. The van der Waals surface area contributed by atoms with Crippen LogP contribution in [0.25, 0.3) is 0 Å². The molecule has 3 N–H and O–H groups in total. The van der Waals surface area contributed by atoms with Crippen LogP contribution in [-0.4, -0.2) is 26.3 Å². The zero-order chi connectivity index (χ0) is 13.8. The van der Waals surface area contributed by atoms with E-state index in [4.69, 9.17) is 5.73 Å². The quantitative estimate of drug-likeness (QED) is 0.800. The molecule has 0 amide bonds. The molecule has 19 heavy (non-hydrogen) atoms. The molecule has 0 aliphatic carbocycles. The number of nitrogens with one attached hydrogen (secondary N) is 1. The van der Waals surface area contributed by atoms with Gasteiger partial charge in [-0.2, -0.15) is 10.1 Å². The maximum absolute atomic E-state index is 13.3. The summed E-state index contributed by atoms with van der Waals surface area (Å²) >= 11 is 0. The van der Waals surface area contributed by atoms with E-state index in [1.165, 1.54) is 0 Å². The van der Waals surface area contributed by atoms with Crippen molar-refractivity contribution in [2.75, 3.05) is 17.6 Å². The molecule has 102 valence electrons. The summed E-state index contributed by atoms with van der Waals surface area (Å²) in [6.07, 6.45) is 1.87. The molecule has 2 rings (SSSR count). The van der Waals surface area contributed by atoms with Gasteiger partial charge in [0.2, 0.25) is 5.95 Å². The summed E-state index contributed by atoms with van der Waals surface area (Å²) < 4.78 is 15.3. The summed E-state index contributed by atoms with van der Waals surface area (Å²) in [6.45, 7) is 5.33. The zero-order valence-corrected chi connectivity index (χ0v) is 11.0. The number of nitrogen functional groups attached to an aromatic ring is 1. The molecule has 0 aliphatic rings. The van der Waals surface area contributed by atoms with Crippen molar-refractivity contribution in [3.63, 3.8) is 0 Å². The summed E-state index contributed by atoms with van der Waals surface area (Å²) in [4.78, 5) is 7.36. The Morgan fingerprint density at radius 2 is 2.21 bits per heavy atom. The Labute approximate surface area is 110 Å². The second kappa shape index (κ2) is 5.64. The number of nitrogens with two attached hydrogens (primary N) is 1. The molecule has 7 heteroatoms. The lowest BCUT2D eigenvalue weighted by Gasteiger charge is -2.07. The Hall–Kier alpha value is -2.18. The Morgan fingerprint density at radius 3 is 2.89 bits per heavy atom. The highest BCUT2D eigenvalue weighted by atomic mass is 19.1. The van der Waals surface area contributed by atoms with Gasteiger partial charge in [-0.3, -0.25) is 4.68 Å². The van der Waals surface area contributed by atoms with Crippen LogP contribution in [0.3, 0.4) is 0 Å². The van der Waals surface area contributed by atoms with E-state index in [1.54, 1.807) is 0 Å². The highest BCUT2D eigenvalue weighted by molar-refractivity contribution is 5.38. The molecule has 2 heterocycles.